The lowest BCUT2D eigenvalue weighted by atomic mass is 10.2. The molecule has 0 aromatic carbocycles. The molecular weight excluding hydrogens is 140 g/mol. The molecule has 0 bridgehead atoms. The molecule has 0 fully saturated rings. The maximum atomic E-state index is 8.82. The highest BCUT2D eigenvalue weighted by atomic mass is 35.5. The van der Waals surface area contributed by atoms with Gasteiger partial charge in [0.05, 0.1) is 12.2 Å². The quantitative estimate of drug-likeness (QED) is 0.453. The van der Waals surface area contributed by atoms with E-state index in [9.17, 15) is 0 Å². The minimum atomic E-state index is -0.640. The molecule has 9 heavy (non-hydrogen) atoms. The van der Waals surface area contributed by atoms with Gasteiger partial charge in [-0.1, -0.05) is 6.08 Å². The number of hydrogen-bond donors (Lipinski definition) is 2. The molecule has 0 radical (unpaired) electrons. The van der Waals surface area contributed by atoms with Crippen molar-refractivity contribution in [2.45, 2.75) is 18.6 Å². The number of alkyl halides is 1. The second-order valence-corrected chi connectivity index (χ2v) is 2.16. The summed E-state index contributed by atoms with van der Waals surface area (Å²) >= 11 is 5.26. The molecule has 2 N–H and O–H groups in total. The first-order valence-corrected chi connectivity index (χ1v) is 3.28. The fraction of sp³-hybridized carbons (Fsp3) is 0.667. The molecule has 0 heterocycles. The van der Waals surface area contributed by atoms with Crippen molar-refractivity contribution < 1.29 is 10.2 Å². The third-order valence-corrected chi connectivity index (χ3v) is 1.32. The predicted molar refractivity (Wildman–Crippen MR) is 37.5 cm³/mol. The van der Waals surface area contributed by atoms with Gasteiger partial charge in [-0.05, 0) is 0 Å². The predicted octanol–water partition coefficient (Wildman–Crippen LogP) is 0.523. The standard InChI is InChI=1S/C6H11ClO2/c1-2-5(8)3-6(9)4-7/h2,5-6,8-9H,1,3-4H2/t5-,6+/m1/s1. The summed E-state index contributed by atoms with van der Waals surface area (Å²) in [5.74, 6) is 0.158. The van der Waals surface area contributed by atoms with Crippen molar-refractivity contribution in [3.8, 4) is 0 Å². The Morgan fingerprint density at radius 3 is 2.44 bits per heavy atom. The van der Waals surface area contributed by atoms with Crippen LogP contribution < -0.4 is 0 Å². The zero-order valence-electron chi connectivity index (χ0n) is 5.13. The number of aliphatic hydroxyl groups is 2. The van der Waals surface area contributed by atoms with Crippen LogP contribution in [0.15, 0.2) is 12.7 Å². The van der Waals surface area contributed by atoms with Crippen LogP contribution in [0, 0.1) is 0 Å². The summed E-state index contributed by atoms with van der Waals surface area (Å²) in [5, 5.41) is 17.6. The van der Waals surface area contributed by atoms with Gasteiger partial charge in [-0.3, -0.25) is 0 Å². The summed E-state index contributed by atoms with van der Waals surface area (Å²) in [6.45, 7) is 3.34. The van der Waals surface area contributed by atoms with E-state index in [4.69, 9.17) is 21.8 Å². The Kier molecular flexibility index (Phi) is 4.77. The van der Waals surface area contributed by atoms with Gasteiger partial charge in [-0.15, -0.1) is 18.2 Å². The van der Waals surface area contributed by atoms with Crippen LogP contribution in [-0.4, -0.2) is 28.3 Å². The van der Waals surface area contributed by atoms with E-state index in [1.165, 1.54) is 6.08 Å². The number of hydrogen-bond acceptors (Lipinski definition) is 2. The second kappa shape index (κ2) is 4.79. The normalized spacial score (nSPS) is 16.8. The summed E-state index contributed by atoms with van der Waals surface area (Å²) in [7, 11) is 0. The van der Waals surface area contributed by atoms with Gasteiger partial charge >= 0.3 is 0 Å². The molecule has 0 saturated heterocycles. The molecule has 0 saturated carbocycles. The summed E-state index contributed by atoms with van der Waals surface area (Å²) < 4.78 is 0. The second-order valence-electron chi connectivity index (χ2n) is 1.85. The molecule has 3 heteroatoms. The van der Waals surface area contributed by atoms with E-state index in [1.807, 2.05) is 0 Å². The van der Waals surface area contributed by atoms with Crippen molar-refractivity contribution in [1.82, 2.24) is 0 Å². The Bertz CT molecular complexity index is 85.1. The molecule has 2 atom stereocenters. The highest BCUT2D eigenvalue weighted by Crippen LogP contribution is 1.99. The number of rotatable bonds is 4. The lowest BCUT2D eigenvalue weighted by Crippen LogP contribution is -2.16. The average Bonchev–Trinajstić information content (AvgIpc) is 1.87. The summed E-state index contributed by atoms with van der Waals surface area (Å²) in [6.07, 6.45) is 0.376. The summed E-state index contributed by atoms with van der Waals surface area (Å²) in [6, 6.07) is 0. The fourth-order valence-electron chi connectivity index (χ4n) is 0.438. The first-order valence-electron chi connectivity index (χ1n) is 2.75. The molecule has 0 aromatic heterocycles. The SMILES string of the molecule is C=C[C@@H](O)C[C@H](O)CCl. The van der Waals surface area contributed by atoms with Gasteiger partial charge in [-0.2, -0.15) is 0 Å². The van der Waals surface area contributed by atoms with Crippen molar-refractivity contribution in [2.24, 2.45) is 0 Å². The van der Waals surface area contributed by atoms with Crippen molar-refractivity contribution >= 4 is 11.6 Å². The Hall–Kier alpha value is -0.0500. The zero-order chi connectivity index (χ0) is 7.28. The van der Waals surface area contributed by atoms with Gasteiger partial charge in [-0.25, -0.2) is 0 Å². The van der Waals surface area contributed by atoms with E-state index in [1.54, 1.807) is 0 Å². The first kappa shape index (κ1) is 8.95. The molecule has 0 unspecified atom stereocenters. The van der Waals surface area contributed by atoms with Crippen molar-refractivity contribution in [1.29, 1.82) is 0 Å². The lowest BCUT2D eigenvalue weighted by molar-refractivity contribution is 0.119. The molecule has 0 spiro atoms. The van der Waals surface area contributed by atoms with Crippen LogP contribution in [0.3, 0.4) is 0 Å². The monoisotopic (exact) mass is 150 g/mol. The minimum absolute atomic E-state index is 0.158. The topological polar surface area (TPSA) is 40.5 Å². The van der Waals surface area contributed by atoms with Gasteiger partial charge in [0.2, 0.25) is 0 Å². The van der Waals surface area contributed by atoms with E-state index in [2.05, 4.69) is 6.58 Å². The molecule has 0 aliphatic rings. The maximum Gasteiger partial charge on any atom is 0.0743 e. The minimum Gasteiger partial charge on any atom is -0.392 e. The average molecular weight is 151 g/mol. The highest BCUT2D eigenvalue weighted by molar-refractivity contribution is 6.18. The van der Waals surface area contributed by atoms with Crippen LogP contribution in [0.1, 0.15) is 6.42 Å². The summed E-state index contributed by atoms with van der Waals surface area (Å²) in [5.41, 5.74) is 0. The molecule has 0 aromatic rings. The van der Waals surface area contributed by atoms with E-state index in [0.717, 1.165) is 0 Å². The Labute approximate surface area is 59.8 Å². The van der Waals surface area contributed by atoms with E-state index >= 15 is 0 Å². The smallest absolute Gasteiger partial charge is 0.0743 e. The molecular formula is C6H11ClO2. The molecule has 0 amide bonds. The third-order valence-electron chi connectivity index (χ3n) is 0.964. The van der Waals surface area contributed by atoms with Gasteiger partial charge in [0.1, 0.15) is 0 Å². The Balaban J connectivity index is 3.33. The van der Waals surface area contributed by atoms with Crippen LogP contribution in [0.5, 0.6) is 0 Å². The van der Waals surface area contributed by atoms with E-state index < -0.39 is 12.2 Å². The van der Waals surface area contributed by atoms with Gasteiger partial charge < -0.3 is 10.2 Å². The van der Waals surface area contributed by atoms with E-state index in [0.29, 0.717) is 0 Å². The molecule has 0 aliphatic carbocycles. The Morgan fingerprint density at radius 1 is 1.56 bits per heavy atom. The van der Waals surface area contributed by atoms with E-state index in [-0.39, 0.29) is 12.3 Å². The van der Waals surface area contributed by atoms with Crippen LogP contribution in [0.25, 0.3) is 0 Å². The number of aliphatic hydroxyl groups excluding tert-OH is 2. The summed E-state index contributed by atoms with van der Waals surface area (Å²) in [4.78, 5) is 0. The van der Waals surface area contributed by atoms with Crippen LogP contribution in [0.2, 0.25) is 0 Å². The van der Waals surface area contributed by atoms with Gasteiger partial charge in [0.25, 0.3) is 0 Å². The molecule has 54 valence electrons. The van der Waals surface area contributed by atoms with Crippen LogP contribution >= 0.6 is 11.6 Å². The molecule has 0 aliphatic heterocycles. The van der Waals surface area contributed by atoms with Crippen molar-refractivity contribution in [2.75, 3.05) is 5.88 Å². The molecule has 0 rings (SSSR count). The van der Waals surface area contributed by atoms with Crippen molar-refractivity contribution in [3.05, 3.63) is 12.7 Å². The third kappa shape index (κ3) is 4.45. The van der Waals surface area contributed by atoms with Gasteiger partial charge in [0.15, 0.2) is 0 Å². The van der Waals surface area contributed by atoms with Crippen LogP contribution in [0.4, 0.5) is 0 Å². The van der Waals surface area contributed by atoms with Crippen molar-refractivity contribution in [3.63, 3.8) is 0 Å². The fourth-order valence-corrected chi connectivity index (χ4v) is 0.564. The maximum absolute atomic E-state index is 8.82. The Morgan fingerprint density at radius 2 is 2.11 bits per heavy atom. The lowest BCUT2D eigenvalue weighted by Gasteiger charge is -2.08. The van der Waals surface area contributed by atoms with Gasteiger partial charge in [0, 0.05) is 12.3 Å². The molecule has 2 nitrogen and oxygen atoms in total. The zero-order valence-corrected chi connectivity index (χ0v) is 5.88. The van der Waals surface area contributed by atoms with Crippen LogP contribution in [-0.2, 0) is 0 Å². The first-order chi connectivity index (χ1) is 4.20. The highest BCUT2D eigenvalue weighted by Gasteiger charge is 2.06. The largest absolute Gasteiger partial charge is 0.392 e. The number of halogens is 1.